The molecule has 7 heteroatoms. The maximum absolute atomic E-state index is 10.5. The van der Waals surface area contributed by atoms with Crippen LogP contribution in [0.5, 0.6) is 0 Å². The molecule has 1 aliphatic carbocycles. The Morgan fingerprint density at radius 1 is 1.20 bits per heavy atom. The summed E-state index contributed by atoms with van der Waals surface area (Å²) in [6.45, 7) is 0. The fraction of sp³-hybridized carbons (Fsp3) is 1.00. The number of aliphatic hydroxyl groups excluding tert-OH is 2. The van der Waals surface area contributed by atoms with Crippen LogP contribution >= 0.6 is 0 Å². The van der Waals surface area contributed by atoms with Crippen LogP contribution in [0.25, 0.3) is 0 Å². The summed E-state index contributed by atoms with van der Waals surface area (Å²) in [5, 5.41) is 18.8. The minimum atomic E-state index is -3.96. The van der Waals surface area contributed by atoms with Gasteiger partial charge in [-0.05, 0) is 25.2 Å². The molecule has 3 unspecified atom stereocenters. The van der Waals surface area contributed by atoms with Crippen molar-refractivity contribution in [2.75, 3.05) is 5.75 Å². The summed E-state index contributed by atoms with van der Waals surface area (Å²) in [5.74, 6) is -0.567. The Bertz CT molecular complexity index is 279. The maximum atomic E-state index is 10.5. The van der Waals surface area contributed by atoms with Crippen LogP contribution in [0.1, 0.15) is 25.7 Å². The predicted molar refractivity (Wildman–Crippen MR) is 57.5 cm³/mol. The van der Waals surface area contributed by atoms with Crippen LogP contribution in [0.3, 0.4) is 0 Å². The van der Waals surface area contributed by atoms with Gasteiger partial charge in [-0.2, -0.15) is 8.42 Å². The first-order valence-corrected chi connectivity index (χ1v) is 6.32. The fourth-order valence-corrected chi connectivity index (χ4v) is 2.46. The first kappa shape index (κ1) is 15.8. The van der Waals surface area contributed by atoms with Crippen molar-refractivity contribution in [3.05, 3.63) is 0 Å². The van der Waals surface area contributed by atoms with Crippen molar-refractivity contribution in [2.45, 2.75) is 37.9 Å². The average molecular weight is 248 g/mol. The summed E-state index contributed by atoms with van der Waals surface area (Å²) in [4.78, 5) is 0. The summed E-state index contributed by atoms with van der Waals surface area (Å²) < 4.78 is 29.5. The van der Waals surface area contributed by atoms with E-state index >= 15 is 0 Å². The molecule has 3 atom stereocenters. The van der Waals surface area contributed by atoms with E-state index in [2.05, 4.69) is 0 Å². The Morgan fingerprint density at radius 2 is 1.80 bits per heavy atom. The molecule has 1 aliphatic rings. The molecule has 0 aromatic rings. The van der Waals surface area contributed by atoms with Crippen LogP contribution in [0.15, 0.2) is 0 Å². The van der Waals surface area contributed by atoms with Crippen molar-refractivity contribution in [1.29, 1.82) is 0 Å². The van der Waals surface area contributed by atoms with Gasteiger partial charge in [0.25, 0.3) is 10.1 Å². The number of hydrogen-bond donors (Lipinski definition) is 3. The second kappa shape index (κ2) is 6.54. The van der Waals surface area contributed by atoms with E-state index in [-0.39, 0.29) is 47.6 Å². The quantitative estimate of drug-likeness (QED) is 0.446. The third kappa shape index (κ3) is 5.63. The van der Waals surface area contributed by atoms with Crippen LogP contribution in [0, 0.1) is 5.92 Å². The topological polar surface area (TPSA) is 94.8 Å². The molecule has 0 radical (unpaired) electrons. The molecule has 0 saturated heterocycles. The van der Waals surface area contributed by atoms with E-state index in [1.54, 1.807) is 0 Å². The predicted octanol–water partition coefficient (Wildman–Crippen LogP) is -0.862. The van der Waals surface area contributed by atoms with E-state index in [1.165, 1.54) is 0 Å². The van der Waals surface area contributed by atoms with Gasteiger partial charge in [0.05, 0.1) is 18.0 Å². The van der Waals surface area contributed by atoms with Crippen molar-refractivity contribution in [3.8, 4) is 0 Å². The molecule has 0 aromatic carbocycles. The van der Waals surface area contributed by atoms with Crippen LogP contribution in [-0.4, -0.2) is 70.7 Å². The molecule has 0 bridgehead atoms. The van der Waals surface area contributed by atoms with Crippen LogP contribution < -0.4 is 0 Å². The van der Waals surface area contributed by atoms with Crippen LogP contribution in [0.2, 0.25) is 0 Å². The first-order valence-electron chi connectivity index (χ1n) is 4.71. The van der Waals surface area contributed by atoms with Gasteiger partial charge in [-0.1, -0.05) is 6.42 Å². The van der Waals surface area contributed by atoms with E-state index < -0.39 is 22.3 Å². The summed E-state index contributed by atoms with van der Waals surface area (Å²) >= 11 is 0. The Balaban J connectivity index is 0.00000196. The molecular formula is C8H17NaO5S. The molecule has 3 N–H and O–H groups in total. The molecule has 5 nitrogen and oxygen atoms in total. The monoisotopic (exact) mass is 248 g/mol. The van der Waals surface area contributed by atoms with Crippen molar-refractivity contribution in [1.82, 2.24) is 0 Å². The number of rotatable bonds is 3. The van der Waals surface area contributed by atoms with Crippen LogP contribution in [0.4, 0.5) is 0 Å². The van der Waals surface area contributed by atoms with Gasteiger partial charge in [0.2, 0.25) is 0 Å². The molecule has 1 fully saturated rings. The third-order valence-corrected chi connectivity index (χ3v) is 3.45. The van der Waals surface area contributed by atoms with E-state index in [9.17, 15) is 18.6 Å². The zero-order valence-electron chi connectivity index (χ0n) is 7.83. The second-order valence-electron chi connectivity index (χ2n) is 3.82. The van der Waals surface area contributed by atoms with Gasteiger partial charge in [0.1, 0.15) is 0 Å². The molecule has 86 valence electrons. The second-order valence-corrected chi connectivity index (χ2v) is 5.40. The van der Waals surface area contributed by atoms with Crippen molar-refractivity contribution < 1.29 is 23.2 Å². The van der Waals surface area contributed by atoms with Gasteiger partial charge in [-0.3, -0.25) is 4.55 Å². The van der Waals surface area contributed by atoms with E-state index in [0.717, 1.165) is 6.42 Å². The first-order chi connectivity index (χ1) is 6.40. The Kier molecular flexibility index (Phi) is 6.90. The van der Waals surface area contributed by atoms with Gasteiger partial charge in [-0.15, -0.1) is 0 Å². The molecule has 1 saturated carbocycles. The number of hydrogen-bond acceptors (Lipinski definition) is 4. The zero-order valence-corrected chi connectivity index (χ0v) is 8.65. The van der Waals surface area contributed by atoms with E-state index in [4.69, 9.17) is 4.55 Å². The molecule has 1 rings (SSSR count). The van der Waals surface area contributed by atoms with Crippen molar-refractivity contribution >= 4 is 39.7 Å². The molecule has 0 heterocycles. The summed E-state index contributed by atoms with van der Waals surface area (Å²) in [7, 11) is -3.96. The average Bonchev–Trinajstić information content (AvgIpc) is 2.06. The molecule has 15 heavy (non-hydrogen) atoms. The Labute approximate surface area is 112 Å². The van der Waals surface area contributed by atoms with E-state index in [1.807, 2.05) is 0 Å². The Morgan fingerprint density at radius 3 is 2.33 bits per heavy atom. The summed E-state index contributed by atoms with van der Waals surface area (Å²) in [6, 6.07) is 0. The normalized spacial score (nSPS) is 32.1. The van der Waals surface area contributed by atoms with Gasteiger partial charge in [0, 0.05) is 0 Å². The van der Waals surface area contributed by atoms with Gasteiger partial charge in [0.15, 0.2) is 0 Å². The molecule has 0 aliphatic heterocycles. The third-order valence-electron chi connectivity index (χ3n) is 2.70. The zero-order chi connectivity index (χ0) is 10.8. The van der Waals surface area contributed by atoms with E-state index in [0.29, 0.717) is 12.8 Å². The summed E-state index contributed by atoms with van der Waals surface area (Å²) in [6.07, 6.45) is 0.642. The van der Waals surface area contributed by atoms with Gasteiger partial charge < -0.3 is 10.2 Å². The molecule has 0 spiro atoms. The van der Waals surface area contributed by atoms with Gasteiger partial charge >= 0.3 is 29.6 Å². The van der Waals surface area contributed by atoms with Crippen molar-refractivity contribution in [2.24, 2.45) is 5.92 Å². The standard InChI is InChI=1S/C8H16O5S.Na.H/c9-7-3-1-2-6(8(7)10)4-5-14(11,12)13;;/h6-10H,1-5H2,(H,11,12,13);;. The van der Waals surface area contributed by atoms with Gasteiger partial charge in [-0.25, -0.2) is 0 Å². The van der Waals surface area contributed by atoms with Crippen LogP contribution in [-0.2, 0) is 10.1 Å². The minimum absolute atomic E-state index is 0. The SMILES string of the molecule is O=S(=O)(O)CCC1CCCC(O)C1O.[NaH]. The Hall–Kier alpha value is 0.830. The summed E-state index contributed by atoms with van der Waals surface area (Å²) in [5.41, 5.74) is 0. The molecule has 0 amide bonds. The molecular weight excluding hydrogens is 231 g/mol. The fourth-order valence-electron chi connectivity index (χ4n) is 1.86. The van der Waals surface area contributed by atoms with Crippen molar-refractivity contribution in [3.63, 3.8) is 0 Å². The number of aliphatic hydroxyl groups is 2. The molecule has 0 aromatic heterocycles.